The van der Waals surface area contributed by atoms with Crippen LogP contribution in [0.4, 0.5) is 0 Å². The van der Waals surface area contributed by atoms with E-state index in [1.165, 1.54) is 22.1 Å². The Hall–Kier alpha value is -2.02. The van der Waals surface area contributed by atoms with Crippen molar-refractivity contribution in [2.75, 3.05) is 0 Å². The Balaban J connectivity index is 1.97. The Labute approximate surface area is 99.7 Å². The molecule has 0 aliphatic heterocycles. The van der Waals surface area contributed by atoms with E-state index in [0.29, 0.717) is 0 Å². The van der Waals surface area contributed by atoms with Crippen LogP contribution in [0.5, 0.6) is 0 Å². The summed E-state index contributed by atoms with van der Waals surface area (Å²) in [6.07, 6.45) is 1.93. The number of hydrogen-bond donors (Lipinski definition) is 0. The Bertz CT molecular complexity index is 706. The quantitative estimate of drug-likeness (QED) is 0.437. The van der Waals surface area contributed by atoms with Crippen LogP contribution in [-0.4, -0.2) is 0 Å². The average molecular weight is 220 g/mol. The highest BCUT2D eigenvalue weighted by Gasteiger charge is 2.20. The number of benzene rings is 2. The number of fused-ring (bicyclic) bond motifs is 4. The third-order valence-corrected chi connectivity index (χ3v) is 3.62. The van der Waals surface area contributed by atoms with Crippen LogP contribution >= 0.6 is 0 Å². The summed E-state index contributed by atoms with van der Waals surface area (Å²) in [5.74, 6) is 1.14. The molecule has 0 saturated heterocycles. The van der Waals surface area contributed by atoms with Crippen molar-refractivity contribution in [1.29, 1.82) is 0 Å². The number of furan rings is 1. The van der Waals surface area contributed by atoms with Gasteiger partial charge in [-0.15, -0.1) is 0 Å². The van der Waals surface area contributed by atoms with Gasteiger partial charge in [-0.3, -0.25) is 0 Å². The third-order valence-electron chi connectivity index (χ3n) is 3.62. The highest BCUT2D eigenvalue weighted by atomic mass is 16.3. The zero-order valence-electron chi connectivity index (χ0n) is 9.44. The van der Waals surface area contributed by atoms with Crippen LogP contribution in [0.25, 0.3) is 11.0 Å². The summed E-state index contributed by atoms with van der Waals surface area (Å²) < 4.78 is 5.95. The monoisotopic (exact) mass is 220 g/mol. The van der Waals surface area contributed by atoms with E-state index in [0.717, 1.165) is 24.2 Å². The SMILES string of the molecule is c1ccc2c(c1)Cc1oc3ccccc3c1C2. The fourth-order valence-corrected chi connectivity index (χ4v) is 2.75. The van der Waals surface area contributed by atoms with Crippen molar-refractivity contribution >= 4 is 11.0 Å². The minimum absolute atomic E-state index is 0.931. The van der Waals surface area contributed by atoms with E-state index in [1.54, 1.807) is 0 Å². The molecule has 0 bridgehead atoms. The van der Waals surface area contributed by atoms with E-state index in [4.69, 9.17) is 4.42 Å². The molecule has 0 unspecified atom stereocenters. The summed E-state index contributed by atoms with van der Waals surface area (Å²) >= 11 is 0. The molecule has 0 saturated carbocycles. The highest BCUT2D eigenvalue weighted by Crippen LogP contribution is 2.34. The molecule has 1 aromatic heterocycles. The molecule has 82 valence electrons. The van der Waals surface area contributed by atoms with Crippen LogP contribution in [-0.2, 0) is 12.8 Å². The molecule has 0 amide bonds. The van der Waals surface area contributed by atoms with Crippen molar-refractivity contribution in [3.63, 3.8) is 0 Å². The molecule has 1 nitrogen and oxygen atoms in total. The Morgan fingerprint density at radius 3 is 2.35 bits per heavy atom. The van der Waals surface area contributed by atoms with Crippen LogP contribution in [0.15, 0.2) is 52.9 Å². The lowest BCUT2D eigenvalue weighted by Gasteiger charge is -2.14. The first-order valence-electron chi connectivity index (χ1n) is 5.98. The predicted molar refractivity (Wildman–Crippen MR) is 68.3 cm³/mol. The van der Waals surface area contributed by atoms with Crippen molar-refractivity contribution in [3.05, 3.63) is 71.0 Å². The molecule has 0 atom stereocenters. The summed E-state index contributed by atoms with van der Waals surface area (Å²) in [4.78, 5) is 0. The van der Waals surface area contributed by atoms with Crippen LogP contribution < -0.4 is 0 Å². The van der Waals surface area contributed by atoms with Crippen LogP contribution in [0.1, 0.15) is 22.5 Å². The van der Waals surface area contributed by atoms with Gasteiger partial charge in [-0.25, -0.2) is 0 Å². The largest absolute Gasteiger partial charge is 0.460 e. The number of para-hydroxylation sites is 1. The van der Waals surface area contributed by atoms with E-state index in [2.05, 4.69) is 42.5 Å². The Morgan fingerprint density at radius 1 is 0.765 bits per heavy atom. The lowest BCUT2D eigenvalue weighted by Crippen LogP contribution is -2.04. The van der Waals surface area contributed by atoms with Crippen molar-refractivity contribution in [1.82, 2.24) is 0 Å². The minimum atomic E-state index is 0.931. The summed E-state index contributed by atoms with van der Waals surface area (Å²) in [6, 6.07) is 17.0. The second-order valence-electron chi connectivity index (χ2n) is 4.62. The molecule has 0 spiro atoms. The standard InChI is InChI=1S/C16H12O/c1-2-6-12-10-16-14(9-11(12)5-1)13-7-3-4-8-15(13)17-16/h1-8H,9-10H2. The molecular weight excluding hydrogens is 208 g/mol. The topological polar surface area (TPSA) is 13.1 Å². The Kier molecular flexibility index (Phi) is 1.72. The van der Waals surface area contributed by atoms with E-state index in [-0.39, 0.29) is 0 Å². The second-order valence-corrected chi connectivity index (χ2v) is 4.62. The number of rotatable bonds is 0. The summed E-state index contributed by atoms with van der Waals surface area (Å²) in [5.41, 5.74) is 5.23. The predicted octanol–water partition coefficient (Wildman–Crippen LogP) is 3.93. The first-order valence-corrected chi connectivity index (χ1v) is 5.98. The maximum Gasteiger partial charge on any atom is 0.134 e. The van der Waals surface area contributed by atoms with Gasteiger partial charge in [0.05, 0.1) is 0 Å². The molecule has 0 radical (unpaired) electrons. The van der Waals surface area contributed by atoms with E-state index in [1.807, 2.05) is 6.07 Å². The van der Waals surface area contributed by atoms with Gasteiger partial charge in [-0.2, -0.15) is 0 Å². The Morgan fingerprint density at radius 2 is 1.47 bits per heavy atom. The fraction of sp³-hybridized carbons (Fsp3) is 0.125. The van der Waals surface area contributed by atoms with Gasteiger partial charge < -0.3 is 4.42 Å². The zero-order chi connectivity index (χ0) is 11.2. The molecule has 2 aromatic carbocycles. The van der Waals surface area contributed by atoms with Gasteiger partial charge in [0.2, 0.25) is 0 Å². The lowest BCUT2D eigenvalue weighted by molar-refractivity contribution is 0.552. The van der Waals surface area contributed by atoms with E-state index < -0.39 is 0 Å². The van der Waals surface area contributed by atoms with E-state index in [9.17, 15) is 0 Å². The average Bonchev–Trinajstić information content (AvgIpc) is 2.73. The van der Waals surface area contributed by atoms with Gasteiger partial charge in [-0.05, 0) is 17.2 Å². The maximum absolute atomic E-state index is 5.95. The van der Waals surface area contributed by atoms with Gasteiger partial charge in [0, 0.05) is 23.8 Å². The third kappa shape index (κ3) is 1.26. The molecule has 1 heterocycles. The molecule has 1 heteroatoms. The smallest absolute Gasteiger partial charge is 0.134 e. The lowest BCUT2D eigenvalue weighted by atomic mass is 9.89. The highest BCUT2D eigenvalue weighted by molar-refractivity contribution is 5.83. The van der Waals surface area contributed by atoms with Gasteiger partial charge in [0.15, 0.2) is 0 Å². The molecule has 4 rings (SSSR count). The normalized spacial score (nSPS) is 13.4. The zero-order valence-corrected chi connectivity index (χ0v) is 9.44. The van der Waals surface area contributed by atoms with Gasteiger partial charge in [-0.1, -0.05) is 42.5 Å². The molecule has 3 aromatic rings. The molecule has 1 aliphatic rings. The molecular formula is C16H12O. The minimum Gasteiger partial charge on any atom is -0.460 e. The first kappa shape index (κ1) is 9.06. The van der Waals surface area contributed by atoms with Crippen molar-refractivity contribution < 1.29 is 4.42 Å². The molecule has 17 heavy (non-hydrogen) atoms. The van der Waals surface area contributed by atoms with Crippen LogP contribution in [0, 0.1) is 0 Å². The van der Waals surface area contributed by atoms with E-state index >= 15 is 0 Å². The van der Waals surface area contributed by atoms with Crippen molar-refractivity contribution in [3.8, 4) is 0 Å². The molecule has 0 fully saturated rings. The van der Waals surface area contributed by atoms with Crippen LogP contribution in [0.3, 0.4) is 0 Å². The van der Waals surface area contributed by atoms with Crippen LogP contribution in [0.2, 0.25) is 0 Å². The van der Waals surface area contributed by atoms with Crippen molar-refractivity contribution in [2.45, 2.75) is 12.8 Å². The van der Waals surface area contributed by atoms with Gasteiger partial charge in [0.25, 0.3) is 0 Å². The summed E-state index contributed by atoms with van der Waals surface area (Å²) in [5, 5.41) is 1.28. The first-order chi connectivity index (χ1) is 8.42. The van der Waals surface area contributed by atoms with Crippen molar-refractivity contribution in [2.24, 2.45) is 0 Å². The maximum atomic E-state index is 5.95. The van der Waals surface area contributed by atoms with Gasteiger partial charge in [0.1, 0.15) is 11.3 Å². The summed E-state index contributed by atoms with van der Waals surface area (Å²) in [6.45, 7) is 0. The fourth-order valence-electron chi connectivity index (χ4n) is 2.75. The summed E-state index contributed by atoms with van der Waals surface area (Å²) in [7, 11) is 0. The molecule has 1 aliphatic carbocycles. The van der Waals surface area contributed by atoms with Gasteiger partial charge >= 0.3 is 0 Å². The molecule has 0 N–H and O–H groups in total. The second kappa shape index (κ2) is 3.24. The number of hydrogen-bond acceptors (Lipinski definition) is 1.